The largest absolute Gasteiger partial charge is 0.367 e. The molecule has 0 amide bonds. The highest BCUT2D eigenvalue weighted by molar-refractivity contribution is 5.83. The molecule has 1 atom stereocenters. The van der Waals surface area contributed by atoms with Crippen molar-refractivity contribution in [3.05, 3.63) is 41.9 Å². The van der Waals surface area contributed by atoms with Gasteiger partial charge in [0.15, 0.2) is 5.82 Å². The molecule has 1 aromatic carbocycles. The van der Waals surface area contributed by atoms with Crippen molar-refractivity contribution in [3.8, 4) is 0 Å². The average molecular weight is 312 g/mol. The summed E-state index contributed by atoms with van der Waals surface area (Å²) in [7, 11) is 1.85. The molecule has 0 aliphatic carbocycles. The molecule has 23 heavy (non-hydrogen) atoms. The number of aryl methyl sites for hydroxylation is 1. The third-order valence-corrected chi connectivity index (χ3v) is 4.46. The van der Waals surface area contributed by atoms with E-state index in [4.69, 9.17) is 4.74 Å². The number of H-pyrrole nitrogens is 1. The second kappa shape index (κ2) is 6.10. The molecule has 1 unspecified atom stereocenters. The minimum absolute atomic E-state index is 0.0493. The van der Waals surface area contributed by atoms with Crippen LogP contribution in [0.5, 0.6) is 0 Å². The van der Waals surface area contributed by atoms with E-state index in [0.29, 0.717) is 6.61 Å². The Morgan fingerprint density at radius 1 is 1.35 bits per heavy atom. The number of aromatic nitrogens is 5. The Kier molecular flexibility index (Phi) is 3.80. The number of hydrogen-bond donors (Lipinski definition) is 1. The number of morpholine rings is 1. The second-order valence-electron chi connectivity index (χ2n) is 5.93. The molecule has 1 aliphatic rings. The zero-order valence-electron chi connectivity index (χ0n) is 13.1. The number of benzene rings is 1. The monoisotopic (exact) mass is 312 g/mol. The molecule has 0 bridgehead atoms. The summed E-state index contributed by atoms with van der Waals surface area (Å²) in [5.74, 6) is 0.793. The van der Waals surface area contributed by atoms with Crippen molar-refractivity contribution in [1.82, 2.24) is 30.1 Å². The van der Waals surface area contributed by atoms with Crippen LogP contribution in [0.1, 0.15) is 17.5 Å². The van der Waals surface area contributed by atoms with Gasteiger partial charge in [0.2, 0.25) is 0 Å². The Hall–Kier alpha value is -2.25. The lowest BCUT2D eigenvalue weighted by molar-refractivity contribution is -0.0356. The van der Waals surface area contributed by atoms with E-state index in [2.05, 4.69) is 55.9 Å². The van der Waals surface area contributed by atoms with Gasteiger partial charge >= 0.3 is 0 Å². The van der Waals surface area contributed by atoms with Gasteiger partial charge in [0.05, 0.1) is 6.61 Å². The maximum Gasteiger partial charge on any atom is 0.181 e. The standard InChI is InChI=1S/C16H20N6O/c1-21-16(18-19-20-21)15-11-22(8-9-23-15)7-6-12-10-17-14-5-3-2-4-13(12)14/h2-5,10,15,17H,6-9,11H2,1H3. The lowest BCUT2D eigenvalue weighted by Crippen LogP contribution is -2.40. The van der Waals surface area contributed by atoms with E-state index in [9.17, 15) is 0 Å². The van der Waals surface area contributed by atoms with Crippen LogP contribution in [0.2, 0.25) is 0 Å². The summed E-state index contributed by atoms with van der Waals surface area (Å²) >= 11 is 0. The molecule has 7 heteroatoms. The number of hydrogen-bond acceptors (Lipinski definition) is 5. The summed E-state index contributed by atoms with van der Waals surface area (Å²) < 4.78 is 7.52. The summed E-state index contributed by atoms with van der Waals surface area (Å²) in [6.45, 7) is 3.50. The number of aromatic amines is 1. The van der Waals surface area contributed by atoms with E-state index in [1.54, 1.807) is 4.68 Å². The van der Waals surface area contributed by atoms with Crippen LogP contribution in [0, 0.1) is 0 Å². The third-order valence-electron chi connectivity index (χ3n) is 4.46. The van der Waals surface area contributed by atoms with Gasteiger partial charge in [-0.2, -0.15) is 0 Å². The van der Waals surface area contributed by atoms with Gasteiger partial charge in [-0.15, -0.1) is 5.10 Å². The van der Waals surface area contributed by atoms with Gasteiger partial charge in [-0.1, -0.05) is 18.2 Å². The van der Waals surface area contributed by atoms with E-state index >= 15 is 0 Å². The maximum absolute atomic E-state index is 5.83. The van der Waals surface area contributed by atoms with Crippen molar-refractivity contribution in [2.75, 3.05) is 26.2 Å². The van der Waals surface area contributed by atoms with E-state index in [1.807, 2.05) is 7.05 Å². The Morgan fingerprint density at radius 2 is 2.26 bits per heavy atom. The fraction of sp³-hybridized carbons (Fsp3) is 0.438. The smallest absolute Gasteiger partial charge is 0.181 e. The predicted molar refractivity (Wildman–Crippen MR) is 85.9 cm³/mol. The molecule has 1 fully saturated rings. The fourth-order valence-corrected chi connectivity index (χ4v) is 3.19. The van der Waals surface area contributed by atoms with Gasteiger partial charge in [0.1, 0.15) is 6.10 Å². The van der Waals surface area contributed by atoms with Crippen LogP contribution in [0.3, 0.4) is 0 Å². The van der Waals surface area contributed by atoms with Crippen molar-refractivity contribution >= 4 is 10.9 Å². The predicted octanol–water partition coefficient (Wildman–Crippen LogP) is 1.31. The Balaban J connectivity index is 1.42. The zero-order chi connectivity index (χ0) is 15.6. The number of nitrogens with zero attached hydrogens (tertiary/aromatic N) is 5. The van der Waals surface area contributed by atoms with Crippen LogP contribution >= 0.6 is 0 Å². The highest BCUT2D eigenvalue weighted by Crippen LogP contribution is 2.21. The second-order valence-corrected chi connectivity index (χ2v) is 5.93. The molecule has 2 aromatic heterocycles. The number of para-hydroxylation sites is 1. The van der Waals surface area contributed by atoms with Crippen LogP contribution in [-0.2, 0) is 18.2 Å². The number of ether oxygens (including phenoxy) is 1. The summed E-state index contributed by atoms with van der Waals surface area (Å²) in [6, 6.07) is 8.44. The molecule has 1 N–H and O–H groups in total. The highest BCUT2D eigenvalue weighted by Gasteiger charge is 2.25. The molecular formula is C16H20N6O. The van der Waals surface area contributed by atoms with Crippen molar-refractivity contribution in [2.45, 2.75) is 12.5 Å². The van der Waals surface area contributed by atoms with Gasteiger partial charge in [-0.05, 0) is 28.5 Å². The Morgan fingerprint density at radius 3 is 3.13 bits per heavy atom. The molecule has 1 aliphatic heterocycles. The van der Waals surface area contributed by atoms with Gasteiger partial charge in [-0.3, -0.25) is 4.90 Å². The van der Waals surface area contributed by atoms with E-state index in [-0.39, 0.29) is 6.10 Å². The van der Waals surface area contributed by atoms with Gasteiger partial charge in [0.25, 0.3) is 0 Å². The van der Waals surface area contributed by atoms with E-state index < -0.39 is 0 Å². The molecule has 7 nitrogen and oxygen atoms in total. The molecule has 3 aromatic rings. The first-order chi connectivity index (χ1) is 11.3. The molecule has 0 saturated carbocycles. The molecule has 120 valence electrons. The SMILES string of the molecule is Cn1nnnc1C1CN(CCc2c[nH]c3ccccc23)CCO1. The quantitative estimate of drug-likeness (QED) is 0.786. The van der Waals surface area contributed by atoms with Crippen LogP contribution in [0.4, 0.5) is 0 Å². The lowest BCUT2D eigenvalue weighted by Gasteiger charge is -2.31. The van der Waals surface area contributed by atoms with E-state index in [0.717, 1.165) is 31.9 Å². The summed E-state index contributed by atoms with van der Waals surface area (Å²) in [5, 5.41) is 13.0. The van der Waals surface area contributed by atoms with Crippen molar-refractivity contribution < 1.29 is 4.74 Å². The molecule has 1 saturated heterocycles. The summed E-state index contributed by atoms with van der Waals surface area (Å²) in [5.41, 5.74) is 2.57. The number of fused-ring (bicyclic) bond motifs is 1. The normalized spacial score (nSPS) is 19.4. The highest BCUT2D eigenvalue weighted by atomic mass is 16.5. The maximum atomic E-state index is 5.83. The first kappa shape index (κ1) is 14.3. The first-order valence-electron chi connectivity index (χ1n) is 7.92. The average Bonchev–Trinajstić information content (AvgIpc) is 3.19. The van der Waals surface area contributed by atoms with Gasteiger partial charge < -0.3 is 9.72 Å². The topological polar surface area (TPSA) is 71.9 Å². The lowest BCUT2D eigenvalue weighted by atomic mass is 10.1. The van der Waals surface area contributed by atoms with Crippen molar-refractivity contribution in [3.63, 3.8) is 0 Å². The summed E-state index contributed by atoms with van der Waals surface area (Å²) in [4.78, 5) is 5.76. The molecule has 0 radical (unpaired) electrons. The molecular weight excluding hydrogens is 292 g/mol. The molecule has 4 rings (SSSR count). The van der Waals surface area contributed by atoms with Crippen LogP contribution in [0.15, 0.2) is 30.5 Å². The fourth-order valence-electron chi connectivity index (χ4n) is 3.19. The third kappa shape index (κ3) is 2.85. The minimum atomic E-state index is -0.0493. The molecule has 0 spiro atoms. The van der Waals surface area contributed by atoms with Gasteiger partial charge in [0, 0.05) is 43.8 Å². The Bertz CT molecular complexity index is 795. The zero-order valence-corrected chi connectivity index (χ0v) is 13.1. The number of nitrogens with one attached hydrogen (secondary N) is 1. The minimum Gasteiger partial charge on any atom is -0.367 e. The number of rotatable bonds is 4. The first-order valence-corrected chi connectivity index (χ1v) is 7.92. The molecule has 3 heterocycles. The van der Waals surface area contributed by atoms with Crippen LogP contribution in [0.25, 0.3) is 10.9 Å². The van der Waals surface area contributed by atoms with Crippen molar-refractivity contribution in [1.29, 1.82) is 0 Å². The van der Waals surface area contributed by atoms with Gasteiger partial charge in [-0.25, -0.2) is 4.68 Å². The Labute approximate surface area is 134 Å². The van der Waals surface area contributed by atoms with Crippen LogP contribution in [-0.4, -0.2) is 56.3 Å². The van der Waals surface area contributed by atoms with E-state index in [1.165, 1.54) is 16.5 Å². The van der Waals surface area contributed by atoms with Crippen LogP contribution < -0.4 is 0 Å². The van der Waals surface area contributed by atoms with Crippen molar-refractivity contribution in [2.24, 2.45) is 7.05 Å². The number of tetrazole rings is 1. The summed E-state index contributed by atoms with van der Waals surface area (Å²) in [6.07, 6.45) is 3.09.